The first-order valence-corrected chi connectivity index (χ1v) is 6.32. The number of amides is 1. The number of hydrogen-bond donors (Lipinski definition) is 2. The van der Waals surface area contributed by atoms with Crippen molar-refractivity contribution in [1.82, 2.24) is 10.5 Å². The van der Waals surface area contributed by atoms with Crippen LogP contribution < -0.4 is 5.32 Å². The van der Waals surface area contributed by atoms with Gasteiger partial charge in [0.2, 0.25) is 5.91 Å². The lowest BCUT2D eigenvalue weighted by Crippen LogP contribution is -2.42. The largest absolute Gasteiger partial charge is 0.388 e. The van der Waals surface area contributed by atoms with Crippen molar-refractivity contribution in [3.63, 3.8) is 0 Å². The minimum atomic E-state index is -0.811. The summed E-state index contributed by atoms with van der Waals surface area (Å²) in [5.74, 6) is 0.550. The van der Waals surface area contributed by atoms with E-state index in [1.54, 1.807) is 6.92 Å². The van der Waals surface area contributed by atoms with Crippen LogP contribution in [0.2, 0.25) is 0 Å². The van der Waals surface area contributed by atoms with Gasteiger partial charge in [0.15, 0.2) is 0 Å². The molecule has 2 N–H and O–H groups in total. The SMILES string of the molecule is CCC(O)(CC)CNC(=O)Cc1c(C)noc1C. The molecule has 0 saturated carbocycles. The van der Waals surface area contributed by atoms with Gasteiger partial charge < -0.3 is 14.9 Å². The maximum absolute atomic E-state index is 11.8. The molecule has 1 heterocycles. The standard InChI is InChI=1S/C13H22N2O3/c1-5-13(17,6-2)8-14-12(16)7-11-9(3)15-18-10(11)4/h17H,5-8H2,1-4H3,(H,14,16). The van der Waals surface area contributed by atoms with Crippen LogP contribution in [-0.2, 0) is 11.2 Å². The first-order valence-electron chi connectivity index (χ1n) is 6.32. The van der Waals surface area contributed by atoms with E-state index in [1.165, 1.54) is 0 Å². The Balaban J connectivity index is 2.53. The molecular formula is C13H22N2O3. The van der Waals surface area contributed by atoms with Gasteiger partial charge in [0.1, 0.15) is 5.76 Å². The molecule has 0 aromatic carbocycles. The highest BCUT2D eigenvalue weighted by Gasteiger charge is 2.23. The van der Waals surface area contributed by atoms with Gasteiger partial charge in [-0.25, -0.2) is 0 Å². The third kappa shape index (κ3) is 3.57. The van der Waals surface area contributed by atoms with Gasteiger partial charge in [-0.2, -0.15) is 0 Å². The molecule has 102 valence electrons. The van der Waals surface area contributed by atoms with Gasteiger partial charge in [0, 0.05) is 12.1 Å². The van der Waals surface area contributed by atoms with Gasteiger partial charge in [-0.3, -0.25) is 4.79 Å². The Hall–Kier alpha value is -1.36. The maximum Gasteiger partial charge on any atom is 0.224 e. The molecule has 1 aromatic heterocycles. The summed E-state index contributed by atoms with van der Waals surface area (Å²) >= 11 is 0. The Morgan fingerprint density at radius 2 is 2.00 bits per heavy atom. The molecule has 1 aromatic rings. The number of aromatic nitrogens is 1. The second-order valence-electron chi connectivity index (χ2n) is 4.69. The van der Waals surface area contributed by atoms with Crippen molar-refractivity contribution < 1.29 is 14.4 Å². The second kappa shape index (κ2) is 6.00. The predicted octanol–water partition coefficient (Wildman–Crippen LogP) is 1.50. The molecule has 0 aliphatic carbocycles. The molecule has 0 aliphatic rings. The third-order valence-corrected chi connectivity index (χ3v) is 3.45. The van der Waals surface area contributed by atoms with E-state index < -0.39 is 5.60 Å². The second-order valence-corrected chi connectivity index (χ2v) is 4.69. The Labute approximate surface area is 108 Å². The van der Waals surface area contributed by atoms with E-state index >= 15 is 0 Å². The zero-order chi connectivity index (χ0) is 13.8. The van der Waals surface area contributed by atoms with Crippen molar-refractivity contribution in [2.24, 2.45) is 0 Å². The Morgan fingerprint density at radius 3 is 2.44 bits per heavy atom. The minimum Gasteiger partial charge on any atom is -0.388 e. The molecule has 0 bridgehead atoms. The first-order chi connectivity index (χ1) is 8.41. The highest BCUT2D eigenvalue weighted by molar-refractivity contribution is 5.79. The maximum atomic E-state index is 11.8. The smallest absolute Gasteiger partial charge is 0.224 e. The molecule has 0 aliphatic heterocycles. The number of hydrogen-bond acceptors (Lipinski definition) is 4. The normalized spacial score (nSPS) is 11.6. The van der Waals surface area contributed by atoms with Gasteiger partial charge in [-0.05, 0) is 26.7 Å². The van der Waals surface area contributed by atoms with Crippen LogP contribution >= 0.6 is 0 Å². The lowest BCUT2D eigenvalue weighted by atomic mass is 9.97. The van der Waals surface area contributed by atoms with E-state index in [-0.39, 0.29) is 18.9 Å². The van der Waals surface area contributed by atoms with Crippen LogP contribution in [-0.4, -0.2) is 28.3 Å². The highest BCUT2D eigenvalue weighted by Crippen LogP contribution is 2.14. The summed E-state index contributed by atoms with van der Waals surface area (Å²) in [6, 6.07) is 0. The zero-order valence-corrected chi connectivity index (χ0v) is 11.5. The molecule has 0 atom stereocenters. The summed E-state index contributed by atoms with van der Waals surface area (Å²) in [6.07, 6.45) is 1.48. The van der Waals surface area contributed by atoms with Crippen LogP contribution in [0.25, 0.3) is 0 Å². The summed E-state index contributed by atoms with van der Waals surface area (Å²) in [7, 11) is 0. The third-order valence-electron chi connectivity index (χ3n) is 3.45. The van der Waals surface area contributed by atoms with E-state index in [0.717, 1.165) is 11.3 Å². The number of aryl methyl sites for hydroxylation is 2. The van der Waals surface area contributed by atoms with Crippen LogP contribution in [0.1, 0.15) is 43.7 Å². The zero-order valence-electron chi connectivity index (χ0n) is 11.5. The number of carbonyl (C=O) groups excluding carboxylic acids is 1. The van der Waals surface area contributed by atoms with Gasteiger partial charge in [-0.15, -0.1) is 0 Å². The number of carbonyl (C=O) groups is 1. The molecule has 0 saturated heterocycles. The summed E-state index contributed by atoms with van der Waals surface area (Å²) in [5, 5.41) is 16.6. The van der Waals surface area contributed by atoms with E-state index in [4.69, 9.17) is 4.52 Å². The fourth-order valence-electron chi connectivity index (χ4n) is 1.74. The van der Waals surface area contributed by atoms with Crippen LogP contribution in [0.5, 0.6) is 0 Å². The van der Waals surface area contributed by atoms with Crippen molar-refractivity contribution in [1.29, 1.82) is 0 Å². The molecule has 0 radical (unpaired) electrons. The van der Waals surface area contributed by atoms with Crippen LogP contribution in [0, 0.1) is 13.8 Å². The fraction of sp³-hybridized carbons (Fsp3) is 0.692. The van der Waals surface area contributed by atoms with Crippen molar-refractivity contribution >= 4 is 5.91 Å². The average molecular weight is 254 g/mol. The predicted molar refractivity (Wildman–Crippen MR) is 68.2 cm³/mol. The first kappa shape index (κ1) is 14.7. The summed E-state index contributed by atoms with van der Waals surface area (Å²) < 4.78 is 5.00. The molecule has 1 rings (SSSR count). The monoisotopic (exact) mass is 254 g/mol. The van der Waals surface area contributed by atoms with Crippen LogP contribution in [0.3, 0.4) is 0 Å². The Kier molecular flexibility index (Phi) is 4.90. The van der Waals surface area contributed by atoms with Crippen LogP contribution in [0.15, 0.2) is 4.52 Å². The van der Waals surface area contributed by atoms with Crippen molar-refractivity contribution in [2.75, 3.05) is 6.54 Å². The van der Waals surface area contributed by atoms with Crippen molar-refractivity contribution in [3.8, 4) is 0 Å². The van der Waals surface area contributed by atoms with Crippen molar-refractivity contribution in [2.45, 2.75) is 52.6 Å². The summed E-state index contributed by atoms with van der Waals surface area (Å²) in [4.78, 5) is 11.8. The van der Waals surface area contributed by atoms with E-state index in [2.05, 4.69) is 10.5 Å². The molecule has 0 unspecified atom stereocenters. The van der Waals surface area contributed by atoms with E-state index in [9.17, 15) is 9.90 Å². The fourth-order valence-corrected chi connectivity index (χ4v) is 1.74. The Morgan fingerprint density at radius 1 is 1.39 bits per heavy atom. The molecule has 5 nitrogen and oxygen atoms in total. The van der Waals surface area contributed by atoms with Crippen LogP contribution in [0.4, 0.5) is 0 Å². The molecule has 0 fully saturated rings. The van der Waals surface area contributed by atoms with Gasteiger partial charge >= 0.3 is 0 Å². The summed E-state index contributed by atoms with van der Waals surface area (Å²) in [6.45, 7) is 7.70. The van der Waals surface area contributed by atoms with E-state index in [0.29, 0.717) is 18.6 Å². The summed E-state index contributed by atoms with van der Waals surface area (Å²) in [5.41, 5.74) is 0.752. The molecular weight excluding hydrogens is 232 g/mol. The molecule has 5 heteroatoms. The number of rotatable bonds is 6. The Bertz CT molecular complexity index is 389. The number of nitrogens with one attached hydrogen (secondary N) is 1. The highest BCUT2D eigenvalue weighted by atomic mass is 16.5. The molecule has 1 amide bonds. The topological polar surface area (TPSA) is 75.4 Å². The number of nitrogens with zero attached hydrogens (tertiary/aromatic N) is 1. The number of aliphatic hydroxyl groups is 1. The van der Waals surface area contributed by atoms with Gasteiger partial charge in [0.25, 0.3) is 0 Å². The molecule has 18 heavy (non-hydrogen) atoms. The van der Waals surface area contributed by atoms with E-state index in [1.807, 2.05) is 20.8 Å². The molecule has 0 spiro atoms. The van der Waals surface area contributed by atoms with Crippen molar-refractivity contribution in [3.05, 3.63) is 17.0 Å². The lowest BCUT2D eigenvalue weighted by molar-refractivity contribution is -0.121. The van der Waals surface area contributed by atoms with Gasteiger partial charge in [-0.1, -0.05) is 19.0 Å². The minimum absolute atomic E-state index is 0.121. The average Bonchev–Trinajstić information content (AvgIpc) is 2.68. The lowest BCUT2D eigenvalue weighted by Gasteiger charge is -2.25. The van der Waals surface area contributed by atoms with Gasteiger partial charge in [0.05, 0.1) is 17.7 Å². The quantitative estimate of drug-likeness (QED) is 0.806.